The molecular formula is C32H35NO3. The van der Waals surface area contributed by atoms with Crippen molar-refractivity contribution in [2.24, 2.45) is 5.41 Å². The number of rotatable bonds is 6. The van der Waals surface area contributed by atoms with Crippen LogP contribution in [0.5, 0.6) is 17.2 Å². The zero-order valence-corrected chi connectivity index (χ0v) is 21.5. The van der Waals surface area contributed by atoms with E-state index in [-0.39, 0.29) is 5.41 Å². The second-order valence-electron chi connectivity index (χ2n) is 10.8. The van der Waals surface area contributed by atoms with Gasteiger partial charge in [-0.3, -0.25) is 0 Å². The number of nitrogens with one attached hydrogen (secondary N) is 1. The molecule has 1 atom stereocenters. The van der Waals surface area contributed by atoms with E-state index < -0.39 is 0 Å². The van der Waals surface area contributed by atoms with Crippen molar-refractivity contribution in [3.8, 4) is 17.2 Å². The van der Waals surface area contributed by atoms with Gasteiger partial charge in [0, 0.05) is 22.0 Å². The molecule has 0 amide bonds. The molecule has 1 aliphatic heterocycles. The number of ether oxygens (including phenoxy) is 3. The minimum atomic E-state index is -0.0383. The zero-order valence-electron chi connectivity index (χ0n) is 21.5. The van der Waals surface area contributed by atoms with Crippen LogP contribution in [-0.2, 0) is 25.7 Å². The van der Waals surface area contributed by atoms with Gasteiger partial charge in [0.15, 0.2) is 0 Å². The number of hydrogen-bond donors (Lipinski definition) is 1. The number of hydrogen-bond acceptors (Lipinski definition) is 3. The highest BCUT2D eigenvalue weighted by molar-refractivity contribution is 5.88. The maximum Gasteiger partial charge on any atom is 0.123 e. The highest BCUT2D eigenvalue weighted by Gasteiger charge is 2.37. The summed E-state index contributed by atoms with van der Waals surface area (Å²) in [5, 5.41) is 1.36. The molecule has 1 N–H and O–H groups in total. The van der Waals surface area contributed by atoms with Crippen molar-refractivity contribution in [3.05, 3.63) is 88.6 Å². The van der Waals surface area contributed by atoms with Crippen LogP contribution in [0.1, 0.15) is 53.6 Å². The van der Waals surface area contributed by atoms with E-state index in [0.717, 1.165) is 42.9 Å². The number of benzene rings is 3. The lowest BCUT2D eigenvalue weighted by molar-refractivity contribution is 0.119. The van der Waals surface area contributed by atoms with Gasteiger partial charge >= 0.3 is 0 Å². The van der Waals surface area contributed by atoms with Gasteiger partial charge < -0.3 is 19.2 Å². The first-order valence-electron chi connectivity index (χ1n) is 13.1. The summed E-state index contributed by atoms with van der Waals surface area (Å²) in [6.45, 7) is 3.06. The number of fused-ring (bicyclic) bond motifs is 4. The lowest BCUT2D eigenvalue weighted by Gasteiger charge is -2.39. The minimum absolute atomic E-state index is 0.0383. The maximum atomic E-state index is 6.61. The van der Waals surface area contributed by atoms with Crippen LogP contribution in [-0.4, -0.2) is 25.8 Å². The lowest BCUT2D eigenvalue weighted by Crippen LogP contribution is -2.39. The number of aryl methyl sites for hydroxylation is 1. The van der Waals surface area contributed by atoms with Crippen molar-refractivity contribution in [1.29, 1.82) is 0 Å². The highest BCUT2D eigenvalue weighted by Crippen LogP contribution is 2.44. The predicted molar refractivity (Wildman–Crippen MR) is 145 cm³/mol. The van der Waals surface area contributed by atoms with Gasteiger partial charge in [0.2, 0.25) is 0 Å². The minimum Gasteiger partial charge on any atom is -0.497 e. The van der Waals surface area contributed by atoms with Crippen LogP contribution in [0, 0.1) is 5.41 Å². The van der Waals surface area contributed by atoms with E-state index >= 15 is 0 Å². The van der Waals surface area contributed by atoms with E-state index in [9.17, 15) is 0 Å². The molecule has 3 aromatic carbocycles. The molecule has 36 heavy (non-hydrogen) atoms. The summed E-state index contributed by atoms with van der Waals surface area (Å²) in [6.07, 6.45) is 6.56. The monoisotopic (exact) mass is 481 g/mol. The van der Waals surface area contributed by atoms with Gasteiger partial charge in [0.05, 0.1) is 20.8 Å². The van der Waals surface area contributed by atoms with Crippen molar-refractivity contribution in [1.82, 2.24) is 4.98 Å². The molecule has 6 rings (SSSR count). The average Bonchev–Trinajstić information content (AvgIpc) is 3.26. The van der Waals surface area contributed by atoms with Crippen LogP contribution in [0.4, 0.5) is 0 Å². The Bertz CT molecular complexity index is 1320. The van der Waals surface area contributed by atoms with E-state index in [2.05, 4.69) is 72.6 Å². The quantitative estimate of drug-likeness (QED) is 0.321. The highest BCUT2D eigenvalue weighted by atomic mass is 16.5. The normalized spacial score (nSPS) is 18.2. The molecule has 0 radical (unpaired) electrons. The smallest absolute Gasteiger partial charge is 0.123 e. The van der Waals surface area contributed by atoms with Gasteiger partial charge in [-0.2, -0.15) is 0 Å². The van der Waals surface area contributed by atoms with Gasteiger partial charge in [-0.15, -0.1) is 0 Å². The van der Waals surface area contributed by atoms with Crippen LogP contribution in [0.25, 0.3) is 10.9 Å². The van der Waals surface area contributed by atoms with Gasteiger partial charge in [-0.1, -0.05) is 31.2 Å². The summed E-state index contributed by atoms with van der Waals surface area (Å²) in [5.41, 5.74) is 8.08. The third kappa shape index (κ3) is 4.23. The summed E-state index contributed by atoms with van der Waals surface area (Å²) >= 11 is 0. The molecule has 4 nitrogen and oxygen atoms in total. The summed E-state index contributed by atoms with van der Waals surface area (Å²) in [6, 6.07) is 21.7. The van der Waals surface area contributed by atoms with Crippen molar-refractivity contribution in [2.45, 2.75) is 51.4 Å². The summed E-state index contributed by atoms with van der Waals surface area (Å²) < 4.78 is 17.4. The fourth-order valence-corrected chi connectivity index (χ4v) is 6.43. The lowest BCUT2D eigenvalue weighted by atomic mass is 9.71. The SMILES string of the molecule is COc1ccc(CC2(Cc3ccc(OC)cc3)COc3cc4c5c([nH]c4cc3C2)CCCC5C)cc1. The van der Waals surface area contributed by atoms with Gasteiger partial charge in [-0.25, -0.2) is 0 Å². The van der Waals surface area contributed by atoms with E-state index in [1.54, 1.807) is 14.2 Å². The summed E-state index contributed by atoms with van der Waals surface area (Å²) in [7, 11) is 3.43. The molecule has 1 unspecified atom stereocenters. The summed E-state index contributed by atoms with van der Waals surface area (Å²) in [4.78, 5) is 3.77. The molecule has 0 spiro atoms. The molecule has 0 bridgehead atoms. The number of H-pyrrole nitrogens is 1. The van der Waals surface area contributed by atoms with E-state index in [4.69, 9.17) is 14.2 Å². The molecule has 4 heteroatoms. The maximum absolute atomic E-state index is 6.61. The zero-order chi connectivity index (χ0) is 24.7. The Labute approximate surface area is 213 Å². The van der Waals surface area contributed by atoms with Crippen molar-refractivity contribution in [3.63, 3.8) is 0 Å². The molecular weight excluding hydrogens is 446 g/mol. The van der Waals surface area contributed by atoms with Crippen molar-refractivity contribution >= 4 is 10.9 Å². The fraction of sp³-hybridized carbons (Fsp3) is 0.375. The topological polar surface area (TPSA) is 43.5 Å². The van der Waals surface area contributed by atoms with Crippen LogP contribution in [0.3, 0.4) is 0 Å². The molecule has 2 aliphatic rings. The van der Waals surface area contributed by atoms with Gasteiger partial charge in [0.25, 0.3) is 0 Å². The number of methoxy groups -OCH3 is 2. The van der Waals surface area contributed by atoms with E-state index in [0.29, 0.717) is 12.5 Å². The second kappa shape index (κ2) is 9.24. The van der Waals surface area contributed by atoms with E-state index in [1.165, 1.54) is 51.7 Å². The Morgan fingerprint density at radius 1 is 0.917 bits per heavy atom. The standard InChI is InChI=1S/C32H35NO3/c1-21-5-4-6-28-31(21)27-16-30-24(15-29(27)33-28)19-32(20-36-30,17-22-7-11-25(34-2)12-8-22)18-23-9-13-26(35-3)14-10-23/h7-16,21,33H,4-6,17-20H2,1-3H3. The van der Waals surface area contributed by atoms with Crippen molar-refractivity contribution < 1.29 is 14.2 Å². The third-order valence-corrected chi connectivity index (χ3v) is 8.23. The molecule has 0 fully saturated rings. The molecule has 0 saturated carbocycles. The molecule has 1 aromatic heterocycles. The first kappa shape index (κ1) is 23.0. The first-order chi connectivity index (χ1) is 17.6. The Balaban J connectivity index is 1.37. The van der Waals surface area contributed by atoms with Crippen molar-refractivity contribution in [2.75, 3.05) is 20.8 Å². The number of aromatic nitrogens is 1. The van der Waals surface area contributed by atoms with Crippen LogP contribution in [0.15, 0.2) is 60.7 Å². The van der Waals surface area contributed by atoms with Crippen LogP contribution in [0.2, 0.25) is 0 Å². The average molecular weight is 482 g/mol. The molecule has 1 aliphatic carbocycles. The molecule has 0 saturated heterocycles. The fourth-order valence-electron chi connectivity index (χ4n) is 6.43. The molecule has 4 aromatic rings. The molecule has 2 heterocycles. The Kier molecular flexibility index (Phi) is 5.91. The number of aromatic amines is 1. The van der Waals surface area contributed by atoms with Crippen LogP contribution < -0.4 is 14.2 Å². The Morgan fingerprint density at radius 2 is 1.56 bits per heavy atom. The van der Waals surface area contributed by atoms with E-state index in [1.807, 2.05) is 0 Å². The van der Waals surface area contributed by atoms with Gasteiger partial charge in [-0.05, 0) is 103 Å². The van der Waals surface area contributed by atoms with Crippen LogP contribution >= 0.6 is 0 Å². The van der Waals surface area contributed by atoms with Gasteiger partial charge in [0.1, 0.15) is 17.2 Å². The second-order valence-corrected chi connectivity index (χ2v) is 10.8. The largest absolute Gasteiger partial charge is 0.497 e. The predicted octanol–water partition coefficient (Wildman–Crippen LogP) is 7.03. The molecule has 186 valence electrons. The third-order valence-electron chi connectivity index (χ3n) is 8.23. The summed E-state index contributed by atoms with van der Waals surface area (Å²) in [5.74, 6) is 3.44. The Hall–Kier alpha value is -3.40. The Morgan fingerprint density at radius 3 is 2.17 bits per heavy atom. The first-order valence-corrected chi connectivity index (χ1v) is 13.1.